The Bertz CT molecular complexity index is 1160. The van der Waals surface area contributed by atoms with E-state index in [2.05, 4.69) is 10.6 Å². The minimum Gasteiger partial charge on any atom is -0.493 e. The van der Waals surface area contributed by atoms with Gasteiger partial charge in [-0.15, -0.1) is 0 Å². The van der Waals surface area contributed by atoms with Gasteiger partial charge in [-0.3, -0.25) is 0 Å². The number of nitrogens with one attached hydrogen (secondary N) is 2. The Hall–Kier alpha value is -3.75. The molecule has 0 spiro atoms. The first kappa shape index (κ1) is 33.7. The second-order valence-electron chi connectivity index (χ2n) is 12.1. The monoisotopic (exact) mass is 596 g/mol. The van der Waals surface area contributed by atoms with Gasteiger partial charge in [-0.1, -0.05) is 74.6 Å². The zero-order valence-electron chi connectivity index (χ0n) is 26.1. The SMILES string of the molecule is COC(=O)[C@H](Cc1ccc(OCCC2CCCCC2)c(CCCNC(=O)OC(C)(C)C)c1)NC(=O)OCc1ccccc1. The first-order valence-corrected chi connectivity index (χ1v) is 15.4. The molecule has 236 valence electrons. The third kappa shape index (κ3) is 13.0. The molecule has 43 heavy (non-hydrogen) atoms. The van der Waals surface area contributed by atoms with Crippen molar-refractivity contribution in [1.82, 2.24) is 10.6 Å². The van der Waals surface area contributed by atoms with Crippen molar-refractivity contribution in [3.63, 3.8) is 0 Å². The van der Waals surface area contributed by atoms with Crippen molar-refractivity contribution in [3.8, 4) is 5.75 Å². The van der Waals surface area contributed by atoms with E-state index in [9.17, 15) is 14.4 Å². The van der Waals surface area contributed by atoms with E-state index in [0.29, 0.717) is 31.9 Å². The van der Waals surface area contributed by atoms with E-state index in [4.69, 9.17) is 18.9 Å². The van der Waals surface area contributed by atoms with Gasteiger partial charge in [0.25, 0.3) is 0 Å². The van der Waals surface area contributed by atoms with Crippen LogP contribution >= 0.6 is 0 Å². The number of esters is 1. The van der Waals surface area contributed by atoms with Gasteiger partial charge in [-0.2, -0.15) is 0 Å². The van der Waals surface area contributed by atoms with E-state index in [1.165, 1.54) is 39.2 Å². The first-order chi connectivity index (χ1) is 20.6. The van der Waals surface area contributed by atoms with Crippen molar-refractivity contribution in [1.29, 1.82) is 0 Å². The molecule has 1 fully saturated rings. The molecule has 9 heteroatoms. The molecule has 0 heterocycles. The second kappa shape index (κ2) is 17.4. The standard InChI is InChI=1S/C34H48N2O7/c1-34(2,3)43-32(38)35-20-11-16-28-22-27(17-18-30(28)41-21-19-25-12-7-5-8-13-25)23-29(31(37)40-4)36-33(39)42-24-26-14-9-6-10-15-26/h6,9-10,14-15,17-18,22,25,29H,5,7-8,11-13,16,19-21,23-24H2,1-4H3,(H,35,38)(H,36,39)/t29-/m0/s1. The number of rotatable bonds is 14. The Morgan fingerprint density at radius 1 is 0.953 bits per heavy atom. The van der Waals surface area contributed by atoms with Crippen molar-refractivity contribution in [3.05, 3.63) is 65.2 Å². The molecule has 1 aliphatic rings. The number of aryl methyl sites for hydroxylation is 1. The van der Waals surface area contributed by atoms with Crippen LogP contribution in [-0.2, 0) is 38.5 Å². The molecule has 0 aromatic heterocycles. The van der Waals surface area contributed by atoms with E-state index in [1.807, 2.05) is 69.3 Å². The predicted octanol–water partition coefficient (Wildman–Crippen LogP) is 6.50. The Labute approximate surface area is 256 Å². The summed E-state index contributed by atoms with van der Waals surface area (Å²) in [5, 5.41) is 5.45. The highest BCUT2D eigenvalue weighted by molar-refractivity contribution is 5.81. The number of methoxy groups -OCH3 is 1. The molecule has 2 aromatic rings. The molecule has 0 saturated heterocycles. The van der Waals surface area contributed by atoms with Gasteiger partial charge in [-0.25, -0.2) is 14.4 Å². The molecule has 0 bridgehead atoms. The number of carbonyl (C=O) groups excluding carboxylic acids is 3. The predicted molar refractivity (Wildman–Crippen MR) is 165 cm³/mol. The Kier molecular flexibility index (Phi) is 13.6. The Morgan fingerprint density at radius 2 is 1.70 bits per heavy atom. The van der Waals surface area contributed by atoms with Crippen molar-refractivity contribution in [2.75, 3.05) is 20.3 Å². The lowest BCUT2D eigenvalue weighted by molar-refractivity contribution is -0.143. The van der Waals surface area contributed by atoms with Crippen LogP contribution in [0.2, 0.25) is 0 Å². The minimum atomic E-state index is -0.923. The van der Waals surface area contributed by atoms with Crippen LogP contribution in [0.25, 0.3) is 0 Å². The number of amides is 2. The van der Waals surface area contributed by atoms with Crippen molar-refractivity contribution < 1.29 is 33.3 Å². The molecule has 2 N–H and O–H groups in total. The zero-order valence-corrected chi connectivity index (χ0v) is 26.1. The van der Waals surface area contributed by atoms with Crippen LogP contribution in [0, 0.1) is 5.92 Å². The summed E-state index contributed by atoms with van der Waals surface area (Å²) in [5.74, 6) is 0.942. The summed E-state index contributed by atoms with van der Waals surface area (Å²) >= 11 is 0. The summed E-state index contributed by atoms with van der Waals surface area (Å²) in [6.45, 7) is 6.67. The van der Waals surface area contributed by atoms with Crippen LogP contribution in [0.15, 0.2) is 48.5 Å². The fourth-order valence-electron chi connectivity index (χ4n) is 5.17. The van der Waals surface area contributed by atoms with Gasteiger partial charge in [0.2, 0.25) is 0 Å². The fraction of sp³-hybridized carbons (Fsp3) is 0.559. The van der Waals surface area contributed by atoms with Gasteiger partial charge in [0.15, 0.2) is 0 Å². The molecule has 0 aliphatic heterocycles. The van der Waals surface area contributed by atoms with Crippen LogP contribution in [0.3, 0.4) is 0 Å². The number of benzene rings is 2. The fourth-order valence-corrected chi connectivity index (χ4v) is 5.17. The number of hydrogen-bond donors (Lipinski definition) is 2. The number of carbonyl (C=O) groups is 3. The highest BCUT2D eigenvalue weighted by Crippen LogP contribution is 2.28. The topological polar surface area (TPSA) is 112 Å². The third-order valence-corrected chi connectivity index (χ3v) is 7.35. The molecule has 1 saturated carbocycles. The average molecular weight is 597 g/mol. The van der Waals surface area contributed by atoms with Gasteiger partial charge in [0.05, 0.1) is 13.7 Å². The van der Waals surface area contributed by atoms with Crippen LogP contribution in [0.4, 0.5) is 9.59 Å². The lowest BCUT2D eigenvalue weighted by Crippen LogP contribution is -2.43. The largest absolute Gasteiger partial charge is 0.493 e. The van der Waals surface area contributed by atoms with Gasteiger partial charge >= 0.3 is 18.2 Å². The average Bonchev–Trinajstić information content (AvgIpc) is 2.98. The Balaban J connectivity index is 1.64. The third-order valence-electron chi connectivity index (χ3n) is 7.35. The molecule has 9 nitrogen and oxygen atoms in total. The number of alkyl carbamates (subject to hydrolysis) is 2. The first-order valence-electron chi connectivity index (χ1n) is 15.4. The van der Waals surface area contributed by atoms with Crippen LogP contribution < -0.4 is 15.4 Å². The van der Waals surface area contributed by atoms with E-state index in [-0.39, 0.29) is 13.0 Å². The summed E-state index contributed by atoms with van der Waals surface area (Å²) in [5.41, 5.74) is 2.10. The smallest absolute Gasteiger partial charge is 0.408 e. The van der Waals surface area contributed by atoms with Crippen LogP contribution in [-0.4, -0.2) is 50.1 Å². The molecule has 0 radical (unpaired) electrons. The molecule has 3 rings (SSSR count). The molecular weight excluding hydrogens is 548 g/mol. The molecule has 2 aromatic carbocycles. The minimum absolute atomic E-state index is 0.0922. The van der Waals surface area contributed by atoms with Crippen LogP contribution in [0.5, 0.6) is 5.75 Å². The molecule has 1 atom stereocenters. The van der Waals surface area contributed by atoms with E-state index < -0.39 is 29.8 Å². The quantitative estimate of drug-likeness (QED) is 0.145. The zero-order chi connectivity index (χ0) is 31.1. The lowest BCUT2D eigenvalue weighted by Gasteiger charge is -2.22. The maximum absolute atomic E-state index is 12.6. The summed E-state index contributed by atoms with van der Waals surface area (Å²) in [4.78, 5) is 37.2. The number of hydrogen-bond acceptors (Lipinski definition) is 7. The highest BCUT2D eigenvalue weighted by Gasteiger charge is 2.24. The highest BCUT2D eigenvalue weighted by atomic mass is 16.6. The molecule has 0 unspecified atom stereocenters. The van der Waals surface area contributed by atoms with Gasteiger partial charge in [0.1, 0.15) is 24.0 Å². The summed E-state index contributed by atoms with van der Waals surface area (Å²) in [6, 6.07) is 14.2. The molecule has 2 amide bonds. The van der Waals surface area contributed by atoms with Crippen molar-refractivity contribution in [2.24, 2.45) is 5.92 Å². The van der Waals surface area contributed by atoms with Gasteiger partial charge < -0.3 is 29.6 Å². The summed E-state index contributed by atoms with van der Waals surface area (Å²) in [6.07, 6.45) is 7.87. The number of ether oxygens (including phenoxy) is 4. The van der Waals surface area contributed by atoms with Gasteiger partial charge in [0, 0.05) is 13.0 Å². The van der Waals surface area contributed by atoms with Crippen molar-refractivity contribution in [2.45, 2.75) is 96.8 Å². The van der Waals surface area contributed by atoms with E-state index in [1.54, 1.807) is 0 Å². The summed E-state index contributed by atoms with van der Waals surface area (Å²) in [7, 11) is 1.29. The van der Waals surface area contributed by atoms with Gasteiger partial charge in [-0.05, 0) is 68.7 Å². The molecule has 1 aliphatic carbocycles. The van der Waals surface area contributed by atoms with Crippen LogP contribution in [0.1, 0.15) is 82.4 Å². The van der Waals surface area contributed by atoms with Crippen molar-refractivity contribution >= 4 is 18.2 Å². The van der Waals surface area contributed by atoms with E-state index in [0.717, 1.165) is 28.9 Å². The maximum Gasteiger partial charge on any atom is 0.408 e. The molecular formula is C34H48N2O7. The maximum atomic E-state index is 12.6. The normalized spacial score (nSPS) is 14.3. The second-order valence-corrected chi connectivity index (χ2v) is 12.1. The Morgan fingerprint density at radius 3 is 2.40 bits per heavy atom. The summed E-state index contributed by atoms with van der Waals surface area (Å²) < 4.78 is 21.9. The lowest BCUT2D eigenvalue weighted by atomic mass is 9.87. The van der Waals surface area contributed by atoms with E-state index >= 15 is 0 Å².